The maximum absolute atomic E-state index is 11.9. The lowest BCUT2D eigenvalue weighted by molar-refractivity contribution is -0.133. The number of methoxy groups -OCH3 is 2. The quantitative estimate of drug-likeness (QED) is 0.627. The number of ether oxygens (including phenoxy) is 3. The summed E-state index contributed by atoms with van der Waals surface area (Å²) in [6.07, 6.45) is 0.156. The zero-order chi connectivity index (χ0) is 15.9. The molecule has 0 aromatic heterocycles. The fourth-order valence-corrected chi connectivity index (χ4v) is 1.85. The van der Waals surface area contributed by atoms with Crippen LogP contribution in [0.4, 0.5) is 0 Å². The maximum Gasteiger partial charge on any atom is 0.337 e. The number of hydrogen-bond donors (Lipinski definition) is 0. The van der Waals surface area contributed by atoms with Crippen molar-refractivity contribution in [3.63, 3.8) is 0 Å². The molecule has 0 fully saturated rings. The van der Waals surface area contributed by atoms with Crippen molar-refractivity contribution in [2.24, 2.45) is 0 Å². The molecule has 114 valence electrons. The van der Waals surface area contributed by atoms with E-state index in [9.17, 15) is 9.59 Å². The van der Waals surface area contributed by atoms with Gasteiger partial charge in [0.1, 0.15) is 11.5 Å². The van der Waals surface area contributed by atoms with Crippen LogP contribution >= 0.6 is 0 Å². The highest BCUT2D eigenvalue weighted by Crippen LogP contribution is 2.15. The number of benzene rings is 2. The Kier molecular flexibility index (Phi) is 5.14. The van der Waals surface area contributed by atoms with Crippen LogP contribution in [0.2, 0.25) is 0 Å². The topological polar surface area (TPSA) is 61.8 Å². The van der Waals surface area contributed by atoms with Gasteiger partial charge in [0, 0.05) is 0 Å². The lowest BCUT2D eigenvalue weighted by atomic mass is 10.1. The van der Waals surface area contributed by atoms with Crippen molar-refractivity contribution in [3.8, 4) is 11.5 Å². The summed E-state index contributed by atoms with van der Waals surface area (Å²) in [5.74, 6) is 0.300. The minimum atomic E-state index is -0.434. The Morgan fingerprint density at radius 3 is 2.00 bits per heavy atom. The molecule has 0 atom stereocenters. The van der Waals surface area contributed by atoms with Gasteiger partial charge in [0.05, 0.1) is 26.2 Å². The Balaban J connectivity index is 1.94. The Hall–Kier alpha value is -2.82. The number of hydrogen-bond acceptors (Lipinski definition) is 5. The van der Waals surface area contributed by atoms with Gasteiger partial charge in [0.2, 0.25) is 0 Å². The summed E-state index contributed by atoms with van der Waals surface area (Å²) in [6, 6.07) is 13.4. The second-order valence-corrected chi connectivity index (χ2v) is 4.51. The lowest BCUT2D eigenvalue weighted by Gasteiger charge is -2.06. The van der Waals surface area contributed by atoms with Gasteiger partial charge in [-0.05, 0) is 42.0 Å². The second kappa shape index (κ2) is 7.26. The van der Waals surface area contributed by atoms with E-state index in [4.69, 9.17) is 9.47 Å². The standard InChI is InChI=1S/C17H16O5/c1-20-14-7-3-12(4-8-14)11-16(18)22-15-9-5-13(6-10-15)17(19)21-2/h3-10H,11H2,1-2H3. The molecule has 0 saturated heterocycles. The molecule has 2 rings (SSSR count). The highest BCUT2D eigenvalue weighted by atomic mass is 16.5. The molecule has 5 heteroatoms. The fourth-order valence-electron chi connectivity index (χ4n) is 1.85. The summed E-state index contributed by atoms with van der Waals surface area (Å²) < 4.78 is 14.9. The van der Waals surface area contributed by atoms with E-state index < -0.39 is 5.97 Å². The van der Waals surface area contributed by atoms with Crippen LogP contribution in [0.3, 0.4) is 0 Å². The van der Waals surface area contributed by atoms with Gasteiger partial charge in [-0.2, -0.15) is 0 Å². The van der Waals surface area contributed by atoms with Gasteiger partial charge >= 0.3 is 11.9 Å². The Labute approximate surface area is 128 Å². The third-order valence-electron chi connectivity index (χ3n) is 3.01. The average Bonchev–Trinajstić information content (AvgIpc) is 2.55. The first-order chi connectivity index (χ1) is 10.6. The van der Waals surface area contributed by atoms with E-state index in [1.807, 2.05) is 0 Å². The molecule has 2 aromatic rings. The Morgan fingerprint density at radius 1 is 0.864 bits per heavy atom. The molecule has 0 bridgehead atoms. The average molecular weight is 300 g/mol. The van der Waals surface area contributed by atoms with E-state index >= 15 is 0 Å². The van der Waals surface area contributed by atoms with E-state index in [0.29, 0.717) is 11.3 Å². The smallest absolute Gasteiger partial charge is 0.337 e. The molecule has 0 aliphatic heterocycles. The van der Waals surface area contributed by atoms with Crippen molar-refractivity contribution in [1.82, 2.24) is 0 Å². The third kappa shape index (κ3) is 4.09. The fraction of sp³-hybridized carbons (Fsp3) is 0.176. The molecule has 2 aromatic carbocycles. The Morgan fingerprint density at radius 2 is 1.45 bits per heavy atom. The van der Waals surface area contributed by atoms with Crippen molar-refractivity contribution in [3.05, 3.63) is 59.7 Å². The van der Waals surface area contributed by atoms with Crippen molar-refractivity contribution >= 4 is 11.9 Å². The molecule has 5 nitrogen and oxygen atoms in total. The van der Waals surface area contributed by atoms with Crippen LogP contribution in [0.5, 0.6) is 11.5 Å². The molecule has 0 aliphatic carbocycles. The van der Waals surface area contributed by atoms with Crippen LogP contribution < -0.4 is 9.47 Å². The van der Waals surface area contributed by atoms with Gasteiger partial charge in [-0.25, -0.2) is 4.79 Å². The highest BCUT2D eigenvalue weighted by molar-refractivity contribution is 5.89. The SMILES string of the molecule is COC(=O)c1ccc(OC(=O)Cc2ccc(OC)cc2)cc1. The van der Waals surface area contributed by atoms with E-state index in [1.54, 1.807) is 55.6 Å². The molecular weight excluding hydrogens is 284 g/mol. The maximum atomic E-state index is 11.9. The molecule has 0 unspecified atom stereocenters. The summed E-state index contributed by atoms with van der Waals surface area (Å²) in [4.78, 5) is 23.2. The predicted molar refractivity (Wildman–Crippen MR) is 80.1 cm³/mol. The van der Waals surface area contributed by atoms with E-state index in [-0.39, 0.29) is 12.4 Å². The predicted octanol–water partition coefficient (Wildman–Crippen LogP) is 2.63. The normalized spacial score (nSPS) is 9.91. The minimum Gasteiger partial charge on any atom is -0.497 e. The molecule has 0 heterocycles. The molecule has 0 radical (unpaired) electrons. The van der Waals surface area contributed by atoms with Crippen LogP contribution in [-0.2, 0) is 16.0 Å². The largest absolute Gasteiger partial charge is 0.497 e. The van der Waals surface area contributed by atoms with Crippen LogP contribution in [0.15, 0.2) is 48.5 Å². The first kappa shape index (κ1) is 15.6. The van der Waals surface area contributed by atoms with E-state index in [2.05, 4.69) is 4.74 Å². The lowest BCUT2D eigenvalue weighted by Crippen LogP contribution is -2.11. The molecule has 0 amide bonds. The van der Waals surface area contributed by atoms with Crippen molar-refractivity contribution < 1.29 is 23.8 Å². The van der Waals surface area contributed by atoms with Crippen LogP contribution in [0, 0.1) is 0 Å². The van der Waals surface area contributed by atoms with Gasteiger partial charge in [-0.15, -0.1) is 0 Å². The minimum absolute atomic E-state index is 0.156. The van der Waals surface area contributed by atoms with Crippen LogP contribution in [-0.4, -0.2) is 26.2 Å². The third-order valence-corrected chi connectivity index (χ3v) is 3.01. The van der Waals surface area contributed by atoms with Gasteiger partial charge in [-0.3, -0.25) is 4.79 Å². The summed E-state index contributed by atoms with van der Waals surface area (Å²) in [5.41, 5.74) is 1.23. The van der Waals surface area contributed by atoms with Crippen molar-refractivity contribution in [1.29, 1.82) is 0 Å². The second-order valence-electron chi connectivity index (χ2n) is 4.51. The summed E-state index contributed by atoms with van der Waals surface area (Å²) in [5, 5.41) is 0. The van der Waals surface area contributed by atoms with Crippen LogP contribution in [0.25, 0.3) is 0 Å². The molecular formula is C17H16O5. The van der Waals surface area contributed by atoms with Gasteiger partial charge in [-0.1, -0.05) is 12.1 Å². The molecule has 0 saturated carbocycles. The highest BCUT2D eigenvalue weighted by Gasteiger charge is 2.09. The monoisotopic (exact) mass is 300 g/mol. The summed E-state index contributed by atoms with van der Waals surface area (Å²) in [6.45, 7) is 0. The van der Waals surface area contributed by atoms with Gasteiger partial charge in [0.25, 0.3) is 0 Å². The number of carbonyl (C=O) groups is 2. The zero-order valence-corrected chi connectivity index (χ0v) is 12.4. The number of carbonyl (C=O) groups excluding carboxylic acids is 2. The van der Waals surface area contributed by atoms with Gasteiger partial charge in [0.15, 0.2) is 0 Å². The summed E-state index contributed by atoms with van der Waals surface area (Å²) >= 11 is 0. The summed E-state index contributed by atoms with van der Waals surface area (Å²) in [7, 11) is 2.90. The Bertz CT molecular complexity index is 644. The van der Waals surface area contributed by atoms with Crippen LogP contribution in [0.1, 0.15) is 15.9 Å². The zero-order valence-electron chi connectivity index (χ0n) is 12.4. The number of rotatable bonds is 5. The first-order valence-electron chi connectivity index (χ1n) is 6.64. The van der Waals surface area contributed by atoms with Gasteiger partial charge < -0.3 is 14.2 Å². The first-order valence-corrected chi connectivity index (χ1v) is 6.64. The molecule has 22 heavy (non-hydrogen) atoms. The van der Waals surface area contributed by atoms with Crippen molar-refractivity contribution in [2.45, 2.75) is 6.42 Å². The molecule has 0 spiro atoms. The van der Waals surface area contributed by atoms with E-state index in [0.717, 1.165) is 11.3 Å². The number of esters is 2. The molecule has 0 N–H and O–H groups in total. The van der Waals surface area contributed by atoms with E-state index in [1.165, 1.54) is 7.11 Å². The van der Waals surface area contributed by atoms with Crippen molar-refractivity contribution in [2.75, 3.05) is 14.2 Å². The molecule has 0 aliphatic rings.